The molecule has 3 unspecified atom stereocenters. The Labute approximate surface area is 150 Å². The van der Waals surface area contributed by atoms with Gasteiger partial charge in [-0.15, -0.1) is 0 Å². The highest BCUT2D eigenvalue weighted by atomic mass is 16.6. The van der Waals surface area contributed by atoms with Crippen LogP contribution in [0.25, 0.3) is 0 Å². The fourth-order valence-corrected chi connectivity index (χ4v) is 2.52. The van der Waals surface area contributed by atoms with Crippen molar-refractivity contribution in [1.29, 1.82) is 0 Å². The van der Waals surface area contributed by atoms with Gasteiger partial charge in [0, 0.05) is 6.54 Å². The summed E-state index contributed by atoms with van der Waals surface area (Å²) in [5.74, 6) is -0.245. The number of rotatable bonds is 5. The maximum Gasteiger partial charge on any atom is 0.223 e. The number of nitrogens with two attached hydrogens (primary N) is 2. The molecular formula is C16H25N5O5. The van der Waals surface area contributed by atoms with E-state index in [1.54, 1.807) is 0 Å². The van der Waals surface area contributed by atoms with Gasteiger partial charge in [0.2, 0.25) is 5.96 Å². The van der Waals surface area contributed by atoms with Crippen molar-refractivity contribution in [2.75, 3.05) is 13.2 Å². The molecule has 1 fully saturated rings. The van der Waals surface area contributed by atoms with E-state index in [4.69, 9.17) is 16.2 Å². The number of hydrogen-bond donors (Lipinski definition) is 7. The minimum absolute atomic E-state index is 0.00487. The minimum Gasteiger partial charge on any atom is -0.394 e. The molecule has 144 valence electrons. The van der Waals surface area contributed by atoms with Crippen LogP contribution < -0.4 is 16.8 Å². The maximum absolute atomic E-state index is 10.1. The number of hydrogen-bond acceptors (Lipinski definition) is 6. The Bertz CT molecular complexity index is 621. The highest BCUT2D eigenvalue weighted by Gasteiger charge is 2.43. The molecule has 1 aliphatic heterocycles. The van der Waals surface area contributed by atoms with Gasteiger partial charge in [0.15, 0.2) is 12.2 Å². The summed E-state index contributed by atoms with van der Waals surface area (Å²) in [5, 5.41) is 41.6. The highest BCUT2D eigenvalue weighted by Crippen LogP contribution is 2.19. The van der Waals surface area contributed by atoms with Gasteiger partial charge in [0.05, 0.1) is 6.61 Å². The molecule has 0 aromatic heterocycles. The molecule has 0 saturated carbocycles. The van der Waals surface area contributed by atoms with Crippen molar-refractivity contribution in [3.63, 3.8) is 0 Å². The Morgan fingerprint density at radius 2 is 1.77 bits per heavy atom. The zero-order chi connectivity index (χ0) is 19.1. The van der Waals surface area contributed by atoms with E-state index >= 15 is 0 Å². The van der Waals surface area contributed by atoms with Gasteiger partial charge in [-0.3, -0.25) is 4.99 Å². The SMILES string of the molecule is NC(N)=NC(=NCCc1ccccc1)NC1OC(CO)[C@@H](O)C(O)[C@H]1O. The third-order valence-corrected chi connectivity index (χ3v) is 3.90. The smallest absolute Gasteiger partial charge is 0.223 e. The number of nitrogens with one attached hydrogen (secondary N) is 1. The third-order valence-electron chi connectivity index (χ3n) is 3.90. The van der Waals surface area contributed by atoms with Crippen molar-refractivity contribution in [3.05, 3.63) is 35.9 Å². The van der Waals surface area contributed by atoms with Crippen LogP contribution in [-0.4, -0.2) is 76.1 Å². The van der Waals surface area contributed by atoms with Gasteiger partial charge in [-0.05, 0) is 12.0 Å². The van der Waals surface area contributed by atoms with E-state index in [0.29, 0.717) is 13.0 Å². The summed E-state index contributed by atoms with van der Waals surface area (Å²) in [6, 6.07) is 9.67. The molecule has 1 saturated heterocycles. The summed E-state index contributed by atoms with van der Waals surface area (Å²) in [6.45, 7) is -0.174. The van der Waals surface area contributed by atoms with Gasteiger partial charge in [-0.1, -0.05) is 30.3 Å². The van der Waals surface area contributed by atoms with Gasteiger partial charge in [-0.25, -0.2) is 0 Å². The molecule has 1 aliphatic rings. The standard InChI is InChI=1S/C16H25N5O5/c17-15(18)21-16(19-7-6-9-4-2-1-3-5-9)20-14-13(25)12(24)11(23)10(8-22)26-14/h1-5,10-14,22-25H,6-8H2,(H5,17,18,19,20,21)/t10?,11-,12?,13-,14?/m1/s1. The normalized spacial score (nSPS) is 29.2. The van der Waals surface area contributed by atoms with E-state index in [-0.39, 0.29) is 11.9 Å². The molecule has 26 heavy (non-hydrogen) atoms. The molecule has 9 N–H and O–H groups in total. The maximum atomic E-state index is 10.1. The lowest BCUT2D eigenvalue weighted by atomic mass is 9.98. The van der Waals surface area contributed by atoms with E-state index in [1.165, 1.54) is 0 Å². The summed E-state index contributed by atoms with van der Waals surface area (Å²) < 4.78 is 5.35. The molecule has 0 radical (unpaired) electrons. The highest BCUT2D eigenvalue weighted by molar-refractivity contribution is 5.93. The molecule has 10 heteroatoms. The second-order valence-electron chi connectivity index (χ2n) is 5.87. The Balaban J connectivity index is 2.06. The Kier molecular flexibility index (Phi) is 7.30. The van der Waals surface area contributed by atoms with Gasteiger partial charge >= 0.3 is 0 Å². The van der Waals surface area contributed by atoms with Crippen LogP contribution in [0.1, 0.15) is 5.56 Å². The lowest BCUT2D eigenvalue weighted by Gasteiger charge is -2.40. The van der Waals surface area contributed by atoms with Crippen molar-refractivity contribution >= 4 is 11.9 Å². The molecule has 0 aliphatic carbocycles. The van der Waals surface area contributed by atoms with Crippen LogP contribution in [0.15, 0.2) is 40.3 Å². The van der Waals surface area contributed by atoms with E-state index in [9.17, 15) is 20.4 Å². The number of nitrogens with zero attached hydrogens (tertiary/aromatic N) is 2. The van der Waals surface area contributed by atoms with Crippen molar-refractivity contribution in [2.24, 2.45) is 21.5 Å². The van der Waals surface area contributed by atoms with Crippen LogP contribution in [0.3, 0.4) is 0 Å². The Hall–Kier alpha value is -2.24. The summed E-state index contributed by atoms with van der Waals surface area (Å²) in [4.78, 5) is 8.09. The fourth-order valence-electron chi connectivity index (χ4n) is 2.52. The number of aliphatic hydroxyl groups is 4. The second-order valence-corrected chi connectivity index (χ2v) is 5.87. The molecule has 1 heterocycles. The second kappa shape index (κ2) is 9.46. The predicted octanol–water partition coefficient (Wildman–Crippen LogP) is -2.75. The average Bonchev–Trinajstić information content (AvgIpc) is 2.62. The van der Waals surface area contributed by atoms with Crippen LogP contribution in [0.5, 0.6) is 0 Å². The topological polar surface area (TPSA) is 179 Å². The van der Waals surface area contributed by atoms with E-state index < -0.39 is 37.3 Å². The van der Waals surface area contributed by atoms with Crippen molar-refractivity contribution in [2.45, 2.75) is 37.1 Å². The van der Waals surface area contributed by atoms with E-state index in [0.717, 1.165) is 5.56 Å². The first-order valence-electron chi connectivity index (χ1n) is 8.17. The molecule has 2 rings (SSSR count). The predicted molar refractivity (Wildman–Crippen MR) is 95.2 cm³/mol. The minimum atomic E-state index is -1.51. The molecular weight excluding hydrogens is 342 g/mol. The summed E-state index contributed by atoms with van der Waals surface area (Å²) in [5.41, 5.74) is 11.9. The van der Waals surface area contributed by atoms with Gasteiger partial charge in [0.1, 0.15) is 24.4 Å². The zero-order valence-corrected chi connectivity index (χ0v) is 14.1. The van der Waals surface area contributed by atoms with Crippen LogP contribution in [-0.2, 0) is 11.2 Å². The Morgan fingerprint density at radius 3 is 2.38 bits per heavy atom. The fraction of sp³-hybridized carbons (Fsp3) is 0.500. The number of guanidine groups is 2. The van der Waals surface area contributed by atoms with Gasteiger partial charge < -0.3 is 41.9 Å². The molecule has 1 aromatic rings. The number of ether oxygens (including phenoxy) is 1. The van der Waals surface area contributed by atoms with Gasteiger partial charge in [-0.2, -0.15) is 4.99 Å². The van der Waals surface area contributed by atoms with Crippen molar-refractivity contribution < 1.29 is 25.2 Å². The Morgan fingerprint density at radius 1 is 1.08 bits per heavy atom. The first kappa shape index (κ1) is 20.1. The molecule has 0 amide bonds. The van der Waals surface area contributed by atoms with E-state index in [1.807, 2.05) is 30.3 Å². The summed E-state index contributed by atoms with van der Waals surface area (Å²) in [7, 11) is 0. The first-order chi connectivity index (χ1) is 12.4. The monoisotopic (exact) mass is 367 g/mol. The molecule has 0 spiro atoms. The van der Waals surface area contributed by atoms with Crippen LogP contribution >= 0.6 is 0 Å². The average molecular weight is 367 g/mol. The lowest BCUT2D eigenvalue weighted by molar-refractivity contribution is -0.232. The largest absolute Gasteiger partial charge is 0.394 e. The summed E-state index contributed by atoms with van der Waals surface area (Å²) >= 11 is 0. The van der Waals surface area contributed by atoms with Crippen LogP contribution in [0.2, 0.25) is 0 Å². The molecule has 1 aromatic carbocycles. The number of benzene rings is 1. The van der Waals surface area contributed by atoms with Crippen LogP contribution in [0, 0.1) is 0 Å². The summed E-state index contributed by atoms with van der Waals surface area (Å²) in [6.07, 6.45) is -6.00. The number of aliphatic imine (C=N–C) groups is 2. The van der Waals surface area contributed by atoms with Crippen molar-refractivity contribution in [3.8, 4) is 0 Å². The van der Waals surface area contributed by atoms with E-state index in [2.05, 4.69) is 15.3 Å². The third kappa shape index (κ3) is 5.38. The molecule has 0 bridgehead atoms. The van der Waals surface area contributed by atoms with Crippen LogP contribution in [0.4, 0.5) is 0 Å². The van der Waals surface area contributed by atoms with Crippen molar-refractivity contribution in [1.82, 2.24) is 5.32 Å². The first-order valence-corrected chi connectivity index (χ1v) is 8.17. The lowest BCUT2D eigenvalue weighted by Crippen LogP contribution is -2.63. The molecule has 5 atom stereocenters. The molecule has 10 nitrogen and oxygen atoms in total. The van der Waals surface area contributed by atoms with Gasteiger partial charge in [0.25, 0.3) is 0 Å². The number of aliphatic hydroxyl groups excluding tert-OH is 4. The quantitative estimate of drug-likeness (QED) is 0.216. The zero-order valence-electron chi connectivity index (χ0n) is 14.1.